The monoisotopic (exact) mass is 442 g/mol. The van der Waals surface area contributed by atoms with Gasteiger partial charge >= 0.3 is 7.60 Å². The first-order chi connectivity index (χ1) is 15.1. The molecule has 0 radical (unpaired) electrons. The predicted octanol–water partition coefficient (Wildman–Crippen LogP) is 5.74. The second kappa shape index (κ2) is 11.0. The molecule has 0 amide bonds. The van der Waals surface area contributed by atoms with Crippen molar-refractivity contribution in [1.82, 2.24) is 4.98 Å². The van der Waals surface area contributed by atoms with Crippen LogP contribution in [0.4, 0.5) is 5.82 Å². The van der Waals surface area contributed by atoms with Crippen LogP contribution in [0, 0.1) is 0 Å². The van der Waals surface area contributed by atoms with Crippen LogP contribution in [0.5, 0.6) is 11.5 Å². The molecule has 0 bridgehead atoms. The minimum Gasteiger partial charge on any atom is -0.508 e. The van der Waals surface area contributed by atoms with E-state index in [4.69, 9.17) is 13.8 Å². The van der Waals surface area contributed by atoms with Gasteiger partial charge in [-0.25, -0.2) is 4.98 Å². The van der Waals surface area contributed by atoms with Crippen LogP contribution in [0.25, 0.3) is 0 Å². The number of ether oxygens (including phenoxy) is 1. The molecular weight excluding hydrogens is 415 g/mol. The number of aromatic hydroxyl groups is 1. The summed E-state index contributed by atoms with van der Waals surface area (Å²) in [5.74, 6) is 0.183. The van der Waals surface area contributed by atoms with Gasteiger partial charge in [0.05, 0.1) is 13.2 Å². The molecule has 2 N–H and O–H groups in total. The van der Waals surface area contributed by atoms with E-state index in [-0.39, 0.29) is 19.0 Å². The second-order valence-corrected chi connectivity index (χ2v) is 8.75. The molecule has 0 aliphatic carbocycles. The maximum atomic E-state index is 13.7. The number of nitrogens with one attached hydrogen (secondary N) is 1. The van der Waals surface area contributed by atoms with E-state index in [1.165, 1.54) is 12.1 Å². The Hall–Kier alpha value is -2.86. The van der Waals surface area contributed by atoms with E-state index in [1.54, 1.807) is 44.3 Å². The van der Waals surface area contributed by atoms with E-state index in [2.05, 4.69) is 10.3 Å². The lowest BCUT2D eigenvalue weighted by Crippen LogP contribution is -2.16. The Kier molecular flexibility index (Phi) is 8.06. The van der Waals surface area contributed by atoms with Crippen LogP contribution in [0.2, 0.25) is 0 Å². The molecule has 8 heteroatoms. The van der Waals surface area contributed by atoms with Crippen LogP contribution >= 0.6 is 7.60 Å². The van der Waals surface area contributed by atoms with Crippen molar-refractivity contribution in [1.29, 1.82) is 0 Å². The maximum absolute atomic E-state index is 13.7. The number of anilines is 1. The van der Waals surface area contributed by atoms with Gasteiger partial charge in [0.2, 0.25) is 0 Å². The van der Waals surface area contributed by atoms with Crippen molar-refractivity contribution in [3.63, 3.8) is 0 Å². The molecule has 3 rings (SSSR count). The largest absolute Gasteiger partial charge is 0.508 e. The van der Waals surface area contributed by atoms with Gasteiger partial charge in [-0.05, 0) is 49.2 Å². The number of aromatic nitrogens is 1. The van der Waals surface area contributed by atoms with Crippen molar-refractivity contribution in [2.45, 2.75) is 26.2 Å². The summed E-state index contributed by atoms with van der Waals surface area (Å²) in [5.41, 5.74) is 1.64. The summed E-state index contributed by atoms with van der Waals surface area (Å²) in [6.07, 6.45) is 1.62. The Morgan fingerprint density at radius 2 is 1.65 bits per heavy atom. The first-order valence-electron chi connectivity index (χ1n) is 10.1. The van der Waals surface area contributed by atoms with E-state index in [0.717, 1.165) is 5.56 Å². The van der Waals surface area contributed by atoms with Crippen molar-refractivity contribution >= 4 is 13.4 Å². The normalized spacial score (nSPS) is 12.3. The van der Waals surface area contributed by atoms with Crippen molar-refractivity contribution in [2.75, 3.05) is 18.5 Å². The van der Waals surface area contributed by atoms with Gasteiger partial charge in [-0.15, -0.1) is 0 Å². The maximum Gasteiger partial charge on any atom is 0.357 e. The smallest absolute Gasteiger partial charge is 0.357 e. The van der Waals surface area contributed by atoms with Gasteiger partial charge in [0.15, 0.2) is 17.4 Å². The molecule has 0 spiro atoms. The number of nitrogens with zero attached hydrogens (tertiary/aromatic N) is 1. The standard InChI is InChI=1S/C23H27N2O5P/c1-3-29-31(27,30-4-2)23(19-12-14-20(26)15-13-19)25-22-21(11-8-16-24-22)28-17-18-9-6-5-7-10-18/h5-16,23,26H,3-4,17H2,1-2H3,(H,24,25). The predicted molar refractivity (Wildman–Crippen MR) is 120 cm³/mol. The Bertz CT molecular complexity index is 988. The molecule has 164 valence electrons. The quantitative estimate of drug-likeness (QED) is 0.366. The Labute approximate surface area is 182 Å². The Balaban J connectivity index is 1.92. The van der Waals surface area contributed by atoms with Crippen molar-refractivity contribution in [3.8, 4) is 11.5 Å². The van der Waals surface area contributed by atoms with E-state index >= 15 is 0 Å². The van der Waals surface area contributed by atoms with Gasteiger partial charge in [-0.3, -0.25) is 4.57 Å². The van der Waals surface area contributed by atoms with Gasteiger partial charge < -0.3 is 24.2 Å². The van der Waals surface area contributed by atoms with Gasteiger partial charge in [0.1, 0.15) is 12.4 Å². The van der Waals surface area contributed by atoms with Gasteiger partial charge in [-0.1, -0.05) is 42.5 Å². The van der Waals surface area contributed by atoms with Crippen molar-refractivity contribution in [2.24, 2.45) is 0 Å². The number of hydrogen-bond acceptors (Lipinski definition) is 7. The van der Waals surface area contributed by atoms with E-state index < -0.39 is 13.4 Å². The number of pyridine rings is 1. The summed E-state index contributed by atoms with van der Waals surface area (Å²) in [4.78, 5) is 4.39. The van der Waals surface area contributed by atoms with Gasteiger partial charge in [0, 0.05) is 6.20 Å². The molecule has 0 saturated heterocycles. The number of hydrogen-bond donors (Lipinski definition) is 2. The summed E-state index contributed by atoms with van der Waals surface area (Å²) in [6.45, 7) is 4.31. The van der Waals surface area contributed by atoms with Crippen LogP contribution in [0.3, 0.4) is 0 Å². The fraction of sp³-hybridized carbons (Fsp3) is 0.261. The van der Waals surface area contributed by atoms with E-state index in [0.29, 0.717) is 23.7 Å². The van der Waals surface area contributed by atoms with Gasteiger partial charge in [0.25, 0.3) is 0 Å². The number of phenols is 1. The van der Waals surface area contributed by atoms with Crippen molar-refractivity contribution in [3.05, 3.63) is 84.1 Å². The number of rotatable bonds is 11. The molecule has 2 aromatic carbocycles. The lowest BCUT2D eigenvalue weighted by molar-refractivity contribution is 0.214. The summed E-state index contributed by atoms with van der Waals surface area (Å²) in [6, 6.07) is 19.7. The molecule has 1 aromatic heterocycles. The number of phenolic OH excluding ortho intramolecular Hbond substituents is 1. The zero-order valence-corrected chi connectivity index (χ0v) is 18.5. The van der Waals surface area contributed by atoms with Crippen LogP contribution in [0.15, 0.2) is 72.9 Å². The molecular formula is C23H27N2O5P. The highest BCUT2D eigenvalue weighted by atomic mass is 31.2. The third-order valence-electron chi connectivity index (χ3n) is 4.42. The van der Waals surface area contributed by atoms with Crippen molar-refractivity contribution < 1.29 is 23.5 Å². The van der Waals surface area contributed by atoms with Crippen LogP contribution < -0.4 is 10.1 Å². The summed E-state index contributed by atoms with van der Waals surface area (Å²) >= 11 is 0. The highest BCUT2D eigenvalue weighted by molar-refractivity contribution is 7.54. The minimum atomic E-state index is -3.62. The summed E-state index contributed by atoms with van der Waals surface area (Å²) in [5, 5.41) is 12.9. The zero-order chi connectivity index (χ0) is 22.1. The van der Waals surface area contributed by atoms with Crippen LogP contribution in [0.1, 0.15) is 30.8 Å². The third kappa shape index (κ3) is 6.07. The Morgan fingerprint density at radius 3 is 2.29 bits per heavy atom. The molecule has 1 unspecified atom stereocenters. The zero-order valence-electron chi connectivity index (χ0n) is 17.6. The molecule has 1 heterocycles. The second-order valence-electron chi connectivity index (χ2n) is 6.64. The topological polar surface area (TPSA) is 89.9 Å². The average molecular weight is 442 g/mol. The lowest BCUT2D eigenvalue weighted by Gasteiger charge is -2.28. The first-order valence-corrected chi connectivity index (χ1v) is 11.7. The first kappa shape index (κ1) is 22.8. The number of benzene rings is 2. The molecule has 0 aliphatic heterocycles. The summed E-state index contributed by atoms with van der Waals surface area (Å²) < 4.78 is 30.8. The minimum absolute atomic E-state index is 0.106. The van der Waals surface area contributed by atoms with E-state index in [1.807, 2.05) is 30.3 Å². The lowest BCUT2D eigenvalue weighted by atomic mass is 10.2. The fourth-order valence-electron chi connectivity index (χ4n) is 3.03. The molecule has 0 fully saturated rings. The Morgan fingerprint density at radius 1 is 0.968 bits per heavy atom. The van der Waals surface area contributed by atoms with E-state index in [9.17, 15) is 9.67 Å². The van der Waals surface area contributed by atoms with Gasteiger partial charge in [-0.2, -0.15) is 0 Å². The molecule has 0 saturated carbocycles. The third-order valence-corrected chi connectivity index (χ3v) is 6.72. The molecule has 3 aromatic rings. The average Bonchev–Trinajstić information content (AvgIpc) is 2.78. The van der Waals surface area contributed by atoms with Crippen LogP contribution in [-0.4, -0.2) is 23.3 Å². The SMILES string of the molecule is CCOP(=O)(OCC)C(Nc1ncccc1OCc1ccccc1)c1ccc(O)cc1. The fourth-order valence-corrected chi connectivity index (χ4v) is 4.94. The summed E-state index contributed by atoms with van der Waals surface area (Å²) in [7, 11) is -3.62. The molecule has 0 aliphatic rings. The highest BCUT2D eigenvalue weighted by Gasteiger charge is 2.38. The molecule has 1 atom stereocenters. The highest BCUT2D eigenvalue weighted by Crippen LogP contribution is 2.61. The van der Waals surface area contributed by atoms with Crippen LogP contribution in [-0.2, 0) is 20.2 Å². The molecule has 31 heavy (non-hydrogen) atoms. The molecule has 7 nitrogen and oxygen atoms in total.